The highest BCUT2D eigenvalue weighted by Crippen LogP contribution is 2.23. The third kappa shape index (κ3) is 12.6. The lowest BCUT2D eigenvalue weighted by Gasteiger charge is -2.31. The van der Waals surface area contributed by atoms with E-state index in [1.165, 1.54) is 77.0 Å². The average Bonchev–Trinajstić information content (AvgIpc) is 2.54. The standard InChI is InChI=1S/C22H43NO/c1-6-8-10-12-14-16-18-22(5,23-21(24)20(3)4)19-17-15-13-11-9-7-2/h3,6-19H2,1-2,4-5H3,(H,23,24). The van der Waals surface area contributed by atoms with E-state index >= 15 is 0 Å². The number of carbonyl (C=O) groups is 1. The van der Waals surface area contributed by atoms with Crippen molar-refractivity contribution >= 4 is 5.91 Å². The van der Waals surface area contributed by atoms with E-state index in [0.29, 0.717) is 5.57 Å². The van der Waals surface area contributed by atoms with Crippen LogP contribution in [0, 0.1) is 0 Å². The van der Waals surface area contributed by atoms with Crippen molar-refractivity contribution in [2.45, 2.75) is 123 Å². The van der Waals surface area contributed by atoms with Crippen LogP contribution >= 0.6 is 0 Å². The Morgan fingerprint density at radius 1 is 0.792 bits per heavy atom. The highest BCUT2D eigenvalue weighted by molar-refractivity contribution is 5.92. The summed E-state index contributed by atoms with van der Waals surface area (Å²) in [6.07, 6.45) is 17.8. The molecule has 0 unspecified atom stereocenters. The molecule has 0 aromatic heterocycles. The van der Waals surface area contributed by atoms with Crippen LogP contribution in [0.15, 0.2) is 12.2 Å². The van der Waals surface area contributed by atoms with Gasteiger partial charge in [0.2, 0.25) is 5.91 Å². The van der Waals surface area contributed by atoms with Crippen molar-refractivity contribution in [2.24, 2.45) is 0 Å². The van der Waals surface area contributed by atoms with Crippen molar-refractivity contribution in [3.8, 4) is 0 Å². The summed E-state index contributed by atoms with van der Waals surface area (Å²) in [5.41, 5.74) is 0.554. The zero-order valence-corrected chi connectivity index (χ0v) is 17.0. The number of unbranched alkanes of at least 4 members (excludes halogenated alkanes) is 10. The number of hydrogen-bond acceptors (Lipinski definition) is 1. The van der Waals surface area contributed by atoms with Crippen LogP contribution < -0.4 is 5.32 Å². The summed E-state index contributed by atoms with van der Waals surface area (Å²) in [4.78, 5) is 12.1. The topological polar surface area (TPSA) is 29.1 Å². The van der Waals surface area contributed by atoms with Crippen molar-refractivity contribution in [3.63, 3.8) is 0 Å². The molecule has 0 atom stereocenters. The van der Waals surface area contributed by atoms with Crippen LogP contribution in [-0.2, 0) is 4.79 Å². The third-order valence-electron chi connectivity index (χ3n) is 4.97. The number of rotatable bonds is 16. The van der Waals surface area contributed by atoms with Crippen molar-refractivity contribution in [1.29, 1.82) is 0 Å². The first-order valence-electron chi connectivity index (χ1n) is 10.4. The zero-order valence-electron chi connectivity index (χ0n) is 17.0. The van der Waals surface area contributed by atoms with Gasteiger partial charge in [-0.25, -0.2) is 0 Å². The summed E-state index contributed by atoms with van der Waals surface area (Å²) < 4.78 is 0. The van der Waals surface area contributed by atoms with Crippen molar-refractivity contribution in [1.82, 2.24) is 5.32 Å². The highest BCUT2D eigenvalue weighted by Gasteiger charge is 2.25. The number of hydrogen-bond donors (Lipinski definition) is 1. The van der Waals surface area contributed by atoms with E-state index in [4.69, 9.17) is 0 Å². The Labute approximate surface area is 151 Å². The fourth-order valence-electron chi connectivity index (χ4n) is 3.22. The summed E-state index contributed by atoms with van der Waals surface area (Å²) in [6.45, 7) is 12.3. The van der Waals surface area contributed by atoms with Gasteiger partial charge in [0.15, 0.2) is 0 Å². The van der Waals surface area contributed by atoms with E-state index < -0.39 is 0 Å². The predicted molar refractivity (Wildman–Crippen MR) is 107 cm³/mol. The summed E-state index contributed by atoms with van der Waals surface area (Å²) in [5, 5.41) is 3.26. The molecule has 0 saturated heterocycles. The first kappa shape index (κ1) is 23.2. The molecule has 0 saturated carbocycles. The average molecular weight is 338 g/mol. The second-order valence-corrected chi connectivity index (χ2v) is 7.83. The Bertz CT molecular complexity index is 319. The summed E-state index contributed by atoms with van der Waals surface area (Å²) in [6, 6.07) is 0. The van der Waals surface area contributed by atoms with Crippen LogP contribution in [0.3, 0.4) is 0 Å². The first-order valence-corrected chi connectivity index (χ1v) is 10.4. The molecule has 142 valence electrons. The molecule has 0 heterocycles. The van der Waals surface area contributed by atoms with Gasteiger partial charge in [-0.15, -0.1) is 0 Å². The molecule has 1 amide bonds. The normalized spacial score (nSPS) is 11.5. The molecule has 24 heavy (non-hydrogen) atoms. The van der Waals surface area contributed by atoms with Crippen LogP contribution in [0.1, 0.15) is 118 Å². The predicted octanol–water partition coefficient (Wildman–Crippen LogP) is 6.94. The molecule has 0 fully saturated rings. The molecular formula is C22H43NO. The number of carbonyl (C=O) groups excluding carboxylic acids is 1. The Balaban J connectivity index is 4.22. The molecule has 0 spiro atoms. The molecule has 2 nitrogen and oxygen atoms in total. The van der Waals surface area contributed by atoms with Crippen molar-refractivity contribution in [3.05, 3.63) is 12.2 Å². The van der Waals surface area contributed by atoms with Crippen molar-refractivity contribution in [2.75, 3.05) is 0 Å². The van der Waals surface area contributed by atoms with E-state index in [2.05, 4.69) is 32.7 Å². The van der Waals surface area contributed by atoms with Gasteiger partial charge in [-0.2, -0.15) is 0 Å². The fourth-order valence-corrected chi connectivity index (χ4v) is 3.22. The minimum absolute atomic E-state index is 0.0227. The van der Waals surface area contributed by atoms with Crippen molar-refractivity contribution < 1.29 is 4.79 Å². The van der Waals surface area contributed by atoms with Crippen LogP contribution in [0.2, 0.25) is 0 Å². The summed E-state index contributed by atoms with van der Waals surface area (Å²) in [5.74, 6) is 0.0227. The van der Waals surface area contributed by atoms with E-state index in [-0.39, 0.29) is 11.4 Å². The molecule has 0 bridgehead atoms. The molecule has 0 aliphatic heterocycles. The lowest BCUT2D eigenvalue weighted by atomic mass is 9.87. The monoisotopic (exact) mass is 337 g/mol. The van der Waals surface area contributed by atoms with Gasteiger partial charge in [0.25, 0.3) is 0 Å². The first-order chi connectivity index (χ1) is 11.4. The largest absolute Gasteiger partial charge is 0.347 e. The van der Waals surface area contributed by atoms with E-state index in [0.717, 1.165) is 12.8 Å². The van der Waals surface area contributed by atoms with Gasteiger partial charge in [0.1, 0.15) is 0 Å². The maximum atomic E-state index is 12.1. The van der Waals surface area contributed by atoms with Gasteiger partial charge < -0.3 is 5.32 Å². The highest BCUT2D eigenvalue weighted by atomic mass is 16.1. The molecule has 0 aromatic carbocycles. The lowest BCUT2D eigenvalue weighted by molar-refractivity contribution is -0.119. The summed E-state index contributed by atoms with van der Waals surface area (Å²) >= 11 is 0. The molecule has 0 rings (SSSR count). The molecular weight excluding hydrogens is 294 g/mol. The van der Waals surface area contributed by atoms with Gasteiger partial charge in [0, 0.05) is 11.1 Å². The maximum Gasteiger partial charge on any atom is 0.246 e. The molecule has 1 N–H and O–H groups in total. The van der Waals surface area contributed by atoms with Crippen LogP contribution in [0.25, 0.3) is 0 Å². The second kappa shape index (κ2) is 14.5. The molecule has 0 aromatic rings. The van der Waals surface area contributed by atoms with Gasteiger partial charge in [-0.3, -0.25) is 4.79 Å². The molecule has 0 aliphatic carbocycles. The molecule has 0 radical (unpaired) electrons. The number of amides is 1. The Morgan fingerprint density at radius 3 is 1.54 bits per heavy atom. The minimum atomic E-state index is -0.0639. The maximum absolute atomic E-state index is 12.1. The number of nitrogens with one attached hydrogen (secondary N) is 1. The van der Waals surface area contributed by atoms with E-state index in [1.807, 2.05) is 0 Å². The molecule has 0 aliphatic rings. The summed E-state index contributed by atoms with van der Waals surface area (Å²) in [7, 11) is 0. The third-order valence-corrected chi connectivity index (χ3v) is 4.97. The Morgan fingerprint density at radius 2 is 1.17 bits per heavy atom. The van der Waals surface area contributed by atoms with Crippen LogP contribution in [-0.4, -0.2) is 11.4 Å². The van der Waals surface area contributed by atoms with Crippen LogP contribution in [0.4, 0.5) is 0 Å². The molecule has 2 heteroatoms. The van der Waals surface area contributed by atoms with Gasteiger partial charge in [-0.1, -0.05) is 97.5 Å². The second-order valence-electron chi connectivity index (χ2n) is 7.83. The lowest BCUT2D eigenvalue weighted by Crippen LogP contribution is -2.46. The van der Waals surface area contributed by atoms with Gasteiger partial charge in [0.05, 0.1) is 0 Å². The van der Waals surface area contributed by atoms with Gasteiger partial charge in [-0.05, 0) is 26.7 Å². The van der Waals surface area contributed by atoms with E-state index in [1.54, 1.807) is 6.92 Å². The van der Waals surface area contributed by atoms with Gasteiger partial charge >= 0.3 is 0 Å². The fraction of sp³-hybridized carbons (Fsp3) is 0.864. The smallest absolute Gasteiger partial charge is 0.246 e. The van der Waals surface area contributed by atoms with Crippen LogP contribution in [0.5, 0.6) is 0 Å². The SMILES string of the molecule is C=C(C)C(=O)NC(C)(CCCCCCCC)CCCCCCCC. The minimum Gasteiger partial charge on any atom is -0.347 e. The zero-order chi connectivity index (χ0) is 18.3. The quantitative estimate of drug-likeness (QED) is 0.240. The Hall–Kier alpha value is -0.790. The Kier molecular flexibility index (Phi) is 14.1. The van der Waals surface area contributed by atoms with E-state index in [9.17, 15) is 4.79 Å².